The second kappa shape index (κ2) is 9.15. The molecule has 136 valence electrons. The summed E-state index contributed by atoms with van der Waals surface area (Å²) in [6.45, 7) is 1.11. The van der Waals surface area contributed by atoms with Crippen molar-refractivity contribution in [1.82, 2.24) is 10.3 Å². The standard InChI is InChI=1S/C19H19FN2O3S/c20-14-5-7-16(8-6-14)24-10-2-1-9-21-18(23)12-15-13-26-19(22-15)17-4-3-11-25-17/h3-8,11,13H,1-2,9-10,12H2,(H,21,23). The van der Waals surface area contributed by atoms with Crippen LogP contribution in [0.2, 0.25) is 0 Å². The Balaban J connectivity index is 1.30. The van der Waals surface area contributed by atoms with Crippen LogP contribution in [-0.4, -0.2) is 24.0 Å². The molecular formula is C19H19FN2O3S. The average molecular weight is 374 g/mol. The first kappa shape index (κ1) is 18.1. The van der Waals surface area contributed by atoms with Gasteiger partial charge in [-0.25, -0.2) is 9.37 Å². The first-order chi connectivity index (χ1) is 12.7. The predicted molar refractivity (Wildman–Crippen MR) is 97.7 cm³/mol. The van der Waals surface area contributed by atoms with Crippen molar-refractivity contribution in [3.63, 3.8) is 0 Å². The van der Waals surface area contributed by atoms with E-state index in [1.165, 1.54) is 23.5 Å². The molecule has 1 aromatic carbocycles. The van der Waals surface area contributed by atoms with Crippen molar-refractivity contribution in [1.29, 1.82) is 0 Å². The van der Waals surface area contributed by atoms with Gasteiger partial charge >= 0.3 is 0 Å². The largest absolute Gasteiger partial charge is 0.494 e. The van der Waals surface area contributed by atoms with Gasteiger partial charge in [0.15, 0.2) is 10.8 Å². The summed E-state index contributed by atoms with van der Waals surface area (Å²) in [5.74, 6) is 1.02. The van der Waals surface area contributed by atoms with Crippen molar-refractivity contribution in [3.8, 4) is 16.5 Å². The number of carbonyl (C=O) groups excluding carboxylic acids is 1. The van der Waals surface area contributed by atoms with E-state index in [2.05, 4.69) is 10.3 Å². The van der Waals surface area contributed by atoms with E-state index in [4.69, 9.17) is 9.15 Å². The molecule has 0 unspecified atom stereocenters. The van der Waals surface area contributed by atoms with Gasteiger partial charge in [-0.1, -0.05) is 0 Å². The molecule has 0 atom stereocenters. The number of amides is 1. The Morgan fingerprint density at radius 1 is 1.23 bits per heavy atom. The summed E-state index contributed by atoms with van der Waals surface area (Å²) in [7, 11) is 0. The van der Waals surface area contributed by atoms with Crippen LogP contribution in [0, 0.1) is 5.82 Å². The van der Waals surface area contributed by atoms with Gasteiger partial charge in [-0.3, -0.25) is 4.79 Å². The van der Waals surface area contributed by atoms with Gasteiger partial charge in [0.25, 0.3) is 0 Å². The van der Waals surface area contributed by atoms with Crippen molar-refractivity contribution in [2.45, 2.75) is 19.3 Å². The molecule has 0 saturated heterocycles. The molecule has 5 nitrogen and oxygen atoms in total. The SMILES string of the molecule is O=C(Cc1csc(-c2ccco2)n1)NCCCCOc1ccc(F)cc1. The number of unbranched alkanes of at least 4 members (excludes halogenated alkanes) is 1. The highest BCUT2D eigenvalue weighted by atomic mass is 32.1. The summed E-state index contributed by atoms with van der Waals surface area (Å²) < 4.78 is 23.6. The lowest BCUT2D eigenvalue weighted by molar-refractivity contribution is -0.120. The third-order valence-electron chi connectivity index (χ3n) is 3.60. The predicted octanol–water partition coefficient (Wildman–Crippen LogP) is 4.06. The number of carbonyl (C=O) groups is 1. The van der Waals surface area contributed by atoms with Gasteiger partial charge in [-0.2, -0.15) is 0 Å². The Hall–Kier alpha value is -2.67. The number of hydrogen-bond donors (Lipinski definition) is 1. The van der Waals surface area contributed by atoms with Crippen LogP contribution >= 0.6 is 11.3 Å². The van der Waals surface area contributed by atoms with Crippen LogP contribution in [0.1, 0.15) is 18.5 Å². The van der Waals surface area contributed by atoms with Crippen molar-refractivity contribution >= 4 is 17.2 Å². The van der Waals surface area contributed by atoms with Crippen LogP contribution < -0.4 is 10.1 Å². The molecule has 0 aliphatic heterocycles. The van der Waals surface area contributed by atoms with Crippen molar-refractivity contribution in [3.05, 3.63) is 59.6 Å². The maximum absolute atomic E-state index is 12.8. The summed E-state index contributed by atoms with van der Waals surface area (Å²) in [6.07, 6.45) is 3.46. The lowest BCUT2D eigenvalue weighted by atomic mass is 10.3. The number of furan rings is 1. The summed E-state index contributed by atoms with van der Waals surface area (Å²) in [5, 5.41) is 5.52. The zero-order valence-electron chi connectivity index (χ0n) is 14.1. The van der Waals surface area contributed by atoms with Crippen LogP contribution in [0.3, 0.4) is 0 Å². The van der Waals surface area contributed by atoms with Crippen LogP contribution in [0.25, 0.3) is 10.8 Å². The number of ether oxygens (including phenoxy) is 1. The molecule has 26 heavy (non-hydrogen) atoms. The number of hydrogen-bond acceptors (Lipinski definition) is 5. The molecule has 0 bridgehead atoms. The zero-order valence-corrected chi connectivity index (χ0v) is 14.9. The first-order valence-electron chi connectivity index (χ1n) is 8.34. The van der Waals surface area contributed by atoms with Gasteiger partial charge in [0.1, 0.15) is 11.6 Å². The molecule has 3 aromatic rings. The topological polar surface area (TPSA) is 64.4 Å². The molecule has 0 saturated carbocycles. The average Bonchev–Trinajstić information content (AvgIpc) is 3.31. The zero-order chi connectivity index (χ0) is 18.2. The van der Waals surface area contributed by atoms with Crippen molar-refractivity contribution < 1.29 is 18.3 Å². The van der Waals surface area contributed by atoms with Gasteiger partial charge in [-0.05, 0) is 49.2 Å². The van der Waals surface area contributed by atoms with Crippen LogP contribution in [0.5, 0.6) is 5.75 Å². The van der Waals surface area contributed by atoms with Crippen LogP contribution in [0.4, 0.5) is 4.39 Å². The second-order valence-corrected chi connectivity index (χ2v) is 6.52. The van der Waals surface area contributed by atoms with E-state index in [9.17, 15) is 9.18 Å². The minimum Gasteiger partial charge on any atom is -0.494 e. The molecule has 0 aliphatic carbocycles. The van der Waals surface area contributed by atoms with E-state index in [1.807, 2.05) is 17.5 Å². The molecule has 1 amide bonds. The van der Waals surface area contributed by atoms with E-state index in [1.54, 1.807) is 18.4 Å². The lowest BCUT2D eigenvalue weighted by Gasteiger charge is -2.07. The number of aromatic nitrogens is 1. The van der Waals surface area contributed by atoms with Crippen molar-refractivity contribution in [2.24, 2.45) is 0 Å². The molecular weight excluding hydrogens is 355 g/mol. The van der Waals surface area contributed by atoms with Gasteiger partial charge in [-0.15, -0.1) is 11.3 Å². The minimum absolute atomic E-state index is 0.0549. The van der Waals surface area contributed by atoms with Gasteiger partial charge < -0.3 is 14.5 Å². The number of nitrogens with zero attached hydrogens (tertiary/aromatic N) is 1. The molecule has 2 heterocycles. The molecule has 3 rings (SSSR count). The van der Waals surface area contributed by atoms with Crippen molar-refractivity contribution in [2.75, 3.05) is 13.2 Å². The Labute approximate surface area is 154 Å². The molecule has 0 spiro atoms. The highest BCUT2D eigenvalue weighted by molar-refractivity contribution is 7.13. The van der Waals surface area contributed by atoms with Crippen LogP contribution in [-0.2, 0) is 11.2 Å². The second-order valence-electron chi connectivity index (χ2n) is 5.66. The molecule has 0 fully saturated rings. The highest BCUT2D eigenvalue weighted by Crippen LogP contribution is 2.24. The molecule has 0 aliphatic rings. The Kier molecular flexibility index (Phi) is 6.38. The molecule has 1 N–H and O–H groups in total. The van der Waals surface area contributed by atoms with Gasteiger partial charge in [0.2, 0.25) is 5.91 Å². The number of halogens is 1. The fourth-order valence-electron chi connectivity index (χ4n) is 2.30. The van der Waals surface area contributed by atoms with Gasteiger partial charge in [0.05, 0.1) is 25.0 Å². The quantitative estimate of drug-likeness (QED) is 0.574. The fourth-order valence-corrected chi connectivity index (χ4v) is 3.09. The van der Waals surface area contributed by atoms with Crippen LogP contribution in [0.15, 0.2) is 52.5 Å². The Bertz CT molecular complexity index is 816. The maximum atomic E-state index is 12.8. The monoisotopic (exact) mass is 374 g/mol. The van der Waals surface area contributed by atoms with Gasteiger partial charge in [0, 0.05) is 11.9 Å². The smallest absolute Gasteiger partial charge is 0.226 e. The maximum Gasteiger partial charge on any atom is 0.226 e. The number of benzene rings is 1. The number of nitrogens with one attached hydrogen (secondary N) is 1. The molecule has 7 heteroatoms. The summed E-state index contributed by atoms with van der Waals surface area (Å²) in [5.41, 5.74) is 0.735. The van der Waals surface area contributed by atoms with E-state index >= 15 is 0 Å². The third kappa shape index (κ3) is 5.42. The summed E-state index contributed by atoms with van der Waals surface area (Å²) >= 11 is 1.46. The number of rotatable bonds is 9. The minimum atomic E-state index is -0.281. The first-order valence-corrected chi connectivity index (χ1v) is 9.22. The lowest BCUT2D eigenvalue weighted by Crippen LogP contribution is -2.26. The molecule has 0 radical (unpaired) electrons. The fraction of sp³-hybridized carbons (Fsp3) is 0.263. The summed E-state index contributed by atoms with van der Waals surface area (Å²) in [4.78, 5) is 16.4. The van der Waals surface area contributed by atoms with E-state index in [0.717, 1.165) is 23.5 Å². The number of thiazole rings is 1. The van der Waals surface area contributed by atoms with E-state index in [-0.39, 0.29) is 18.1 Å². The third-order valence-corrected chi connectivity index (χ3v) is 4.51. The molecule has 2 aromatic heterocycles. The Morgan fingerprint density at radius 3 is 2.85 bits per heavy atom. The van der Waals surface area contributed by atoms with E-state index < -0.39 is 0 Å². The van der Waals surface area contributed by atoms with E-state index in [0.29, 0.717) is 24.7 Å². The normalized spacial score (nSPS) is 10.7. The summed E-state index contributed by atoms with van der Waals surface area (Å²) in [6, 6.07) is 9.58. The highest BCUT2D eigenvalue weighted by Gasteiger charge is 2.10. The Morgan fingerprint density at radius 2 is 2.08 bits per heavy atom.